The summed E-state index contributed by atoms with van der Waals surface area (Å²) < 4.78 is 1.09. The van der Waals surface area contributed by atoms with Crippen molar-refractivity contribution in [2.24, 2.45) is 0 Å². The molecule has 5 heteroatoms. The number of carbonyl (C=O) groups is 1. The van der Waals surface area contributed by atoms with Crippen molar-refractivity contribution in [3.63, 3.8) is 0 Å². The normalized spacial score (nSPS) is 11.1. The van der Waals surface area contributed by atoms with Crippen LogP contribution in [0.2, 0.25) is 0 Å². The molecule has 0 spiro atoms. The lowest BCUT2D eigenvalue weighted by Gasteiger charge is -2.26. The summed E-state index contributed by atoms with van der Waals surface area (Å²) in [5.41, 5.74) is 5.98. The van der Waals surface area contributed by atoms with Gasteiger partial charge in [-0.2, -0.15) is 0 Å². The summed E-state index contributed by atoms with van der Waals surface area (Å²) in [6.45, 7) is 4.51. The SMILES string of the molecule is Cc1cc(C)c2nc(N(Cc3ccccn3)C(=O)C(c3ccccc3)c3ccccc3)sc2c1. The van der Waals surface area contributed by atoms with Crippen LogP contribution < -0.4 is 4.90 Å². The van der Waals surface area contributed by atoms with Gasteiger partial charge < -0.3 is 0 Å². The Balaban J connectivity index is 1.64. The minimum absolute atomic E-state index is 0.0171. The van der Waals surface area contributed by atoms with E-state index in [0.29, 0.717) is 11.7 Å². The average Bonchev–Trinajstić information content (AvgIpc) is 3.29. The summed E-state index contributed by atoms with van der Waals surface area (Å²) in [7, 11) is 0. The minimum Gasteiger partial charge on any atom is -0.281 e. The number of nitrogens with zero attached hydrogens (tertiary/aromatic N) is 3. The summed E-state index contributed by atoms with van der Waals surface area (Å²) >= 11 is 1.56. The fourth-order valence-electron chi connectivity index (χ4n) is 4.29. The molecule has 5 aromatic rings. The molecule has 3 aromatic carbocycles. The van der Waals surface area contributed by atoms with E-state index in [9.17, 15) is 4.79 Å². The molecule has 2 heterocycles. The van der Waals surface area contributed by atoms with Gasteiger partial charge in [-0.15, -0.1) is 0 Å². The van der Waals surface area contributed by atoms with Gasteiger partial charge in [-0.3, -0.25) is 14.7 Å². The van der Waals surface area contributed by atoms with Crippen LogP contribution in [-0.2, 0) is 11.3 Å². The second kappa shape index (κ2) is 9.57. The molecule has 1 amide bonds. The number of carbonyl (C=O) groups excluding carboxylic acids is 1. The number of amides is 1. The molecular weight excluding hydrogens is 438 g/mol. The number of aromatic nitrogens is 2. The van der Waals surface area contributed by atoms with Crippen LogP contribution in [0.3, 0.4) is 0 Å². The van der Waals surface area contributed by atoms with Gasteiger partial charge >= 0.3 is 0 Å². The molecule has 0 fully saturated rings. The van der Waals surface area contributed by atoms with Gasteiger partial charge in [0.1, 0.15) is 0 Å². The summed E-state index contributed by atoms with van der Waals surface area (Å²) in [5.74, 6) is -0.461. The van der Waals surface area contributed by atoms with Crippen LogP contribution in [0.25, 0.3) is 10.2 Å². The van der Waals surface area contributed by atoms with E-state index in [1.165, 1.54) is 5.56 Å². The first-order valence-electron chi connectivity index (χ1n) is 11.3. The second-order valence-electron chi connectivity index (χ2n) is 8.42. The largest absolute Gasteiger partial charge is 0.281 e. The minimum atomic E-state index is -0.444. The first-order chi connectivity index (χ1) is 16.6. The molecule has 0 aliphatic carbocycles. The molecule has 5 rings (SSSR count). The zero-order chi connectivity index (χ0) is 23.5. The second-order valence-corrected chi connectivity index (χ2v) is 9.43. The van der Waals surface area contributed by atoms with Gasteiger partial charge in [-0.05, 0) is 54.3 Å². The van der Waals surface area contributed by atoms with Crippen LogP contribution in [0.5, 0.6) is 0 Å². The van der Waals surface area contributed by atoms with Crippen LogP contribution in [0.1, 0.15) is 33.9 Å². The first kappa shape index (κ1) is 22.0. The Morgan fingerprint density at radius 2 is 1.53 bits per heavy atom. The number of hydrogen-bond donors (Lipinski definition) is 0. The van der Waals surface area contributed by atoms with Gasteiger partial charge in [0.05, 0.1) is 28.4 Å². The smallest absolute Gasteiger partial charge is 0.241 e. The monoisotopic (exact) mass is 463 g/mol. The first-order valence-corrected chi connectivity index (χ1v) is 12.1. The van der Waals surface area contributed by atoms with Crippen molar-refractivity contribution in [1.82, 2.24) is 9.97 Å². The van der Waals surface area contributed by atoms with Crippen molar-refractivity contribution in [2.45, 2.75) is 26.3 Å². The van der Waals surface area contributed by atoms with Crippen LogP contribution in [0.15, 0.2) is 97.2 Å². The van der Waals surface area contributed by atoms with Gasteiger partial charge in [-0.25, -0.2) is 4.98 Å². The molecular formula is C29H25N3OS. The Hall–Kier alpha value is -3.83. The summed E-state index contributed by atoms with van der Waals surface area (Å²) in [4.78, 5) is 25.6. The van der Waals surface area contributed by atoms with Crippen molar-refractivity contribution in [1.29, 1.82) is 0 Å². The van der Waals surface area contributed by atoms with E-state index >= 15 is 0 Å². The molecule has 0 radical (unpaired) electrons. The van der Waals surface area contributed by atoms with E-state index in [4.69, 9.17) is 4.98 Å². The zero-order valence-corrected chi connectivity index (χ0v) is 20.0. The standard InChI is InChI=1S/C29H25N3OS/c1-20-17-21(2)27-25(18-20)34-29(31-27)32(19-24-15-9-10-16-30-24)28(33)26(22-11-5-3-6-12-22)23-13-7-4-8-14-23/h3-18,26H,19H2,1-2H3. The number of hydrogen-bond acceptors (Lipinski definition) is 4. The maximum absolute atomic E-state index is 14.3. The van der Waals surface area contributed by atoms with E-state index in [2.05, 4.69) is 31.0 Å². The van der Waals surface area contributed by atoms with Crippen molar-refractivity contribution in [3.8, 4) is 0 Å². The number of fused-ring (bicyclic) bond motifs is 1. The lowest BCUT2D eigenvalue weighted by Crippen LogP contribution is -2.35. The summed E-state index contributed by atoms with van der Waals surface area (Å²) in [5, 5.41) is 0.691. The number of pyridine rings is 1. The van der Waals surface area contributed by atoms with Crippen LogP contribution in [0.4, 0.5) is 5.13 Å². The topological polar surface area (TPSA) is 46.1 Å². The molecule has 2 aromatic heterocycles. The van der Waals surface area contributed by atoms with Crippen LogP contribution in [-0.4, -0.2) is 15.9 Å². The third-order valence-corrected chi connectivity index (χ3v) is 6.90. The van der Waals surface area contributed by atoms with Gasteiger partial charge in [-0.1, -0.05) is 84.1 Å². The number of anilines is 1. The third-order valence-electron chi connectivity index (χ3n) is 5.87. The molecule has 0 aliphatic heterocycles. The summed E-state index contributed by atoms with van der Waals surface area (Å²) in [6.07, 6.45) is 1.76. The lowest BCUT2D eigenvalue weighted by molar-refractivity contribution is -0.119. The lowest BCUT2D eigenvalue weighted by atomic mass is 9.90. The molecule has 0 saturated heterocycles. The Bertz CT molecular complexity index is 1380. The van der Waals surface area contributed by atoms with Crippen molar-refractivity contribution < 1.29 is 4.79 Å². The van der Waals surface area contributed by atoms with Gasteiger partial charge in [0.25, 0.3) is 0 Å². The molecule has 0 aliphatic rings. The van der Waals surface area contributed by atoms with Crippen LogP contribution in [0, 0.1) is 13.8 Å². The molecule has 4 nitrogen and oxygen atoms in total. The molecule has 0 atom stereocenters. The zero-order valence-electron chi connectivity index (χ0n) is 19.2. The highest BCUT2D eigenvalue weighted by Crippen LogP contribution is 2.35. The van der Waals surface area contributed by atoms with Gasteiger partial charge in [0, 0.05) is 6.20 Å². The summed E-state index contributed by atoms with van der Waals surface area (Å²) in [6, 6.07) is 30.0. The Labute approximate surface area is 203 Å². The quantitative estimate of drug-likeness (QED) is 0.282. The molecule has 0 saturated carbocycles. The van der Waals surface area contributed by atoms with E-state index in [-0.39, 0.29) is 5.91 Å². The fourth-order valence-corrected chi connectivity index (χ4v) is 5.44. The molecule has 34 heavy (non-hydrogen) atoms. The highest BCUT2D eigenvalue weighted by atomic mass is 32.1. The molecule has 0 N–H and O–H groups in total. The average molecular weight is 464 g/mol. The maximum Gasteiger partial charge on any atom is 0.241 e. The predicted molar refractivity (Wildman–Crippen MR) is 139 cm³/mol. The Kier molecular flexibility index (Phi) is 6.19. The van der Waals surface area contributed by atoms with Gasteiger partial charge in [0.15, 0.2) is 5.13 Å². The maximum atomic E-state index is 14.3. The molecule has 0 unspecified atom stereocenters. The Morgan fingerprint density at radius 1 is 0.882 bits per heavy atom. The number of benzene rings is 3. The van der Waals surface area contributed by atoms with E-state index < -0.39 is 5.92 Å². The highest BCUT2D eigenvalue weighted by molar-refractivity contribution is 7.22. The predicted octanol–water partition coefficient (Wildman–Crippen LogP) is 6.67. The number of rotatable bonds is 6. The third kappa shape index (κ3) is 4.47. The van der Waals surface area contributed by atoms with Crippen molar-refractivity contribution in [3.05, 3.63) is 125 Å². The van der Waals surface area contributed by atoms with E-state index in [1.807, 2.05) is 78.9 Å². The van der Waals surface area contributed by atoms with Crippen molar-refractivity contribution in [2.75, 3.05) is 4.90 Å². The fraction of sp³-hybridized carbons (Fsp3) is 0.138. The molecule has 0 bridgehead atoms. The number of aryl methyl sites for hydroxylation is 2. The van der Waals surface area contributed by atoms with Gasteiger partial charge in [0.2, 0.25) is 5.91 Å². The molecule has 168 valence electrons. The van der Waals surface area contributed by atoms with E-state index in [1.54, 1.807) is 22.4 Å². The van der Waals surface area contributed by atoms with Crippen LogP contribution >= 0.6 is 11.3 Å². The van der Waals surface area contributed by atoms with E-state index in [0.717, 1.165) is 32.6 Å². The number of thiazole rings is 1. The highest BCUT2D eigenvalue weighted by Gasteiger charge is 2.30. The van der Waals surface area contributed by atoms with Crippen molar-refractivity contribution >= 4 is 32.6 Å². The Morgan fingerprint density at radius 3 is 2.15 bits per heavy atom.